The van der Waals surface area contributed by atoms with E-state index in [1.54, 1.807) is 6.20 Å². The van der Waals surface area contributed by atoms with Crippen molar-refractivity contribution in [2.75, 3.05) is 23.7 Å². The SMILES string of the molecule is N#Cc1nccc(NC2CCN(Cc3ccc(-c4nc5c(cc4-c4ccccc4)CCC(=O)N5)cc3)CC2)n1. The van der Waals surface area contributed by atoms with Gasteiger partial charge in [-0.1, -0.05) is 54.6 Å². The number of nitrogens with one attached hydrogen (secondary N) is 2. The van der Waals surface area contributed by atoms with Crippen LogP contribution in [0.3, 0.4) is 0 Å². The van der Waals surface area contributed by atoms with Gasteiger partial charge in [0.1, 0.15) is 17.7 Å². The molecule has 2 aromatic heterocycles. The highest BCUT2D eigenvalue weighted by Crippen LogP contribution is 2.35. The minimum atomic E-state index is 0.0201. The Labute approximate surface area is 227 Å². The van der Waals surface area contributed by atoms with Crippen molar-refractivity contribution in [3.63, 3.8) is 0 Å². The van der Waals surface area contributed by atoms with E-state index >= 15 is 0 Å². The highest BCUT2D eigenvalue weighted by atomic mass is 16.1. The minimum absolute atomic E-state index is 0.0201. The molecule has 2 aliphatic heterocycles. The van der Waals surface area contributed by atoms with Crippen molar-refractivity contribution in [2.45, 2.75) is 38.3 Å². The van der Waals surface area contributed by atoms with Gasteiger partial charge in [-0.15, -0.1) is 0 Å². The summed E-state index contributed by atoms with van der Waals surface area (Å²) in [4.78, 5) is 27.6. The second-order valence-corrected chi connectivity index (χ2v) is 10.1. The molecule has 0 bridgehead atoms. The molecular weight excluding hydrogens is 486 g/mol. The van der Waals surface area contributed by atoms with Crippen LogP contribution in [0.5, 0.6) is 0 Å². The fourth-order valence-corrected chi connectivity index (χ4v) is 5.32. The van der Waals surface area contributed by atoms with Gasteiger partial charge in [-0.2, -0.15) is 5.26 Å². The van der Waals surface area contributed by atoms with Crippen molar-refractivity contribution in [1.29, 1.82) is 5.26 Å². The number of rotatable bonds is 6. The molecular formula is C31H29N7O. The second-order valence-electron chi connectivity index (χ2n) is 10.1. The van der Waals surface area contributed by atoms with Crippen LogP contribution in [0.2, 0.25) is 0 Å². The number of hydrogen-bond acceptors (Lipinski definition) is 7. The predicted molar refractivity (Wildman–Crippen MR) is 151 cm³/mol. The standard InChI is InChI=1S/C31H29N7O/c32-19-28-33-15-12-27(35-28)34-25-13-16-38(17-14-25)20-21-6-8-23(9-7-21)30-26(22-4-2-1-3-5-22)18-24-10-11-29(39)36-31(24)37-30/h1-9,12,15,18,25H,10-11,13-14,16-17,20H2,(H,33,34,35)(H,36,37,39). The van der Waals surface area contributed by atoms with E-state index in [2.05, 4.69) is 68.0 Å². The molecule has 2 N–H and O–H groups in total. The number of nitriles is 1. The first-order valence-corrected chi connectivity index (χ1v) is 13.3. The van der Waals surface area contributed by atoms with Gasteiger partial charge in [-0.3, -0.25) is 9.69 Å². The average molecular weight is 516 g/mol. The Kier molecular flexibility index (Phi) is 6.98. The maximum Gasteiger partial charge on any atom is 0.234 e. The van der Waals surface area contributed by atoms with Crippen molar-refractivity contribution in [1.82, 2.24) is 19.9 Å². The maximum absolute atomic E-state index is 12.0. The third-order valence-electron chi connectivity index (χ3n) is 7.39. The summed E-state index contributed by atoms with van der Waals surface area (Å²) in [6.45, 7) is 2.86. The van der Waals surface area contributed by atoms with Gasteiger partial charge < -0.3 is 10.6 Å². The molecule has 1 fully saturated rings. The zero-order chi connectivity index (χ0) is 26.6. The lowest BCUT2D eigenvalue weighted by atomic mass is 9.94. The normalized spacial score (nSPS) is 15.7. The van der Waals surface area contributed by atoms with E-state index in [1.807, 2.05) is 30.3 Å². The van der Waals surface area contributed by atoms with E-state index in [9.17, 15) is 4.79 Å². The summed E-state index contributed by atoms with van der Waals surface area (Å²) >= 11 is 0. The summed E-state index contributed by atoms with van der Waals surface area (Å²) in [7, 11) is 0. The molecule has 1 amide bonds. The van der Waals surface area contributed by atoms with Gasteiger partial charge in [0, 0.05) is 49.4 Å². The molecule has 0 radical (unpaired) electrons. The fraction of sp³-hybridized carbons (Fsp3) is 0.258. The van der Waals surface area contributed by atoms with Crippen LogP contribution in [-0.4, -0.2) is 44.9 Å². The molecule has 8 nitrogen and oxygen atoms in total. The van der Waals surface area contributed by atoms with Crippen molar-refractivity contribution in [3.05, 3.63) is 89.9 Å². The molecule has 0 unspecified atom stereocenters. The van der Waals surface area contributed by atoms with Crippen LogP contribution in [0.1, 0.15) is 36.2 Å². The first-order chi connectivity index (χ1) is 19.1. The zero-order valence-corrected chi connectivity index (χ0v) is 21.6. The summed E-state index contributed by atoms with van der Waals surface area (Å²) in [5.74, 6) is 1.59. The van der Waals surface area contributed by atoms with Crippen molar-refractivity contribution in [3.8, 4) is 28.5 Å². The van der Waals surface area contributed by atoms with Crippen molar-refractivity contribution in [2.24, 2.45) is 0 Å². The third-order valence-corrected chi connectivity index (χ3v) is 7.39. The lowest BCUT2D eigenvalue weighted by molar-refractivity contribution is -0.116. The molecule has 1 saturated heterocycles. The number of carbonyl (C=O) groups is 1. The molecule has 2 aliphatic rings. The van der Waals surface area contributed by atoms with Gasteiger partial charge in [-0.25, -0.2) is 15.0 Å². The number of pyridine rings is 1. The minimum Gasteiger partial charge on any atom is -0.367 e. The number of benzene rings is 2. The smallest absolute Gasteiger partial charge is 0.234 e. The molecule has 0 saturated carbocycles. The molecule has 4 heterocycles. The second kappa shape index (κ2) is 11.0. The Morgan fingerprint density at radius 1 is 0.974 bits per heavy atom. The maximum atomic E-state index is 12.0. The molecule has 2 aromatic carbocycles. The van der Waals surface area contributed by atoms with Crippen LogP contribution in [0, 0.1) is 11.3 Å². The number of fused-ring (bicyclic) bond motifs is 1. The summed E-state index contributed by atoms with van der Waals surface area (Å²) < 4.78 is 0. The first kappa shape index (κ1) is 24.7. The molecule has 39 heavy (non-hydrogen) atoms. The number of likely N-dealkylation sites (tertiary alicyclic amines) is 1. The molecule has 0 aliphatic carbocycles. The van der Waals surface area contributed by atoms with Gasteiger partial charge in [0.05, 0.1) is 5.69 Å². The Morgan fingerprint density at radius 3 is 2.54 bits per heavy atom. The van der Waals surface area contributed by atoms with Gasteiger partial charge in [-0.05, 0) is 48.1 Å². The van der Waals surface area contributed by atoms with E-state index < -0.39 is 0 Å². The summed E-state index contributed by atoms with van der Waals surface area (Å²) in [5.41, 5.74) is 6.45. The van der Waals surface area contributed by atoms with E-state index in [0.717, 1.165) is 60.4 Å². The number of aromatic nitrogens is 3. The van der Waals surface area contributed by atoms with Crippen LogP contribution < -0.4 is 10.6 Å². The number of carbonyl (C=O) groups excluding carboxylic acids is 1. The van der Waals surface area contributed by atoms with Crippen LogP contribution in [0.4, 0.5) is 11.6 Å². The van der Waals surface area contributed by atoms with Gasteiger partial charge in [0.2, 0.25) is 11.7 Å². The Morgan fingerprint density at radius 2 is 1.77 bits per heavy atom. The number of hydrogen-bond donors (Lipinski definition) is 2. The van der Waals surface area contributed by atoms with E-state index in [4.69, 9.17) is 10.2 Å². The summed E-state index contributed by atoms with van der Waals surface area (Å²) in [6.07, 6.45) is 4.84. The topological polar surface area (TPSA) is 107 Å². The van der Waals surface area contributed by atoms with Crippen molar-refractivity contribution < 1.29 is 4.79 Å². The number of nitrogens with zero attached hydrogens (tertiary/aromatic N) is 5. The molecule has 194 valence electrons. The largest absolute Gasteiger partial charge is 0.367 e. The monoisotopic (exact) mass is 515 g/mol. The Hall–Kier alpha value is -4.61. The number of amides is 1. The molecule has 8 heteroatoms. The van der Waals surface area contributed by atoms with Gasteiger partial charge >= 0.3 is 0 Å². The number of piperidine rings is 1. The summed E-state index contributed by atoms with van der Waals surface area (Å²) in [5, 5.41) is 15.4. The molecule has 0 spiro atoms. The van der Waals surface area contributed by atoms with E-state index in [0.29, 0.717) is 30.5 Å². The zero-order valence-electron chi connectivity index (χ0n) is 21.6. The van der Waals surface area contributed by atoms with Crippen LogP contribution in [0.25, 0.3) is 22.4 Å². The summed E-state index contributed by atoms with van der Waals surface area (Å²) in [6, 6.07) is 25.3. The molecule has 6 rings (SSSR count). The predicted octanol–water partition coefficient (Wildman–Crippen LogP) is 5.04. The van der Waals surface area contributed by atoms with Crippen LogP contribution in [0.15, 0.2) is 72.9 Å². The quantitative estimate of drug-likeness (QED) is 0.371. The highest BCUT2D eigenvalue weighted by Gasteiger charge is 2.22. The van der Waals surface area contributed by atoms with Crippen LogP contribution in [-0.2, 0) is 17.8 Å². The highest BCUT2D eigenvalue weighted by molar-refractivity contribution is 5.94. The van der Waals surface area contributed by atoms with Gasteiger partial charge in [0.25, 0.3) is 0 Å². The average Bonchev–Trinajstić information content (AvgIpc) is 2.98. The fourth-order valence-electron chi connectivity index (χ4n) is 5.32. The molecule has 4 aromatic rings. The van der Waals surface area contributed by atoms with Crippen LogP contribution >= 0.6 is 0 Å². The first-order valence-electron chi connectivity index (χ1n) is 13.3. The number of anilines is 2. The Bertz CT molecular complexity index is 1520. The molecule has 0 atom stereocenters. The Balaban J connectivity index is 1.15. The lowest BCUT2D eigenvalue weighted by Crippen LogP contribution is -2.38. The van der Waals surface area contributed by atoms with E-state index in [1.165, 1.54) is 5.56 Å². The van der Waals surface area contributed by atoms with E-state index in [-0.39, 0.29) is 11.7 Å². The number of aryl methyl sites for hydroxylation is 1. The lowest BCUT2D eigenvalue weighted by Gasteiger charge is -2.32. The van der Waals surface area contributed by atoms with Gasteiger partial charge in [0.15, 0.2) is 0 Å². The van der Waals surface area contributed by atoms with Crippen molar-refractivity contribution >= 4 is 17.5 Å². The third kappa shape index (κ3) is 5.64.